The number of ether oxygens (including phenoxy) is 2. The summed E-state index contributed by atoms with van der Waals surface area (Å²) in [6.45, 7) is 14.3. The number of methoxy groups -OCH3 is 1. The molecule has 1 saturated heterocycles. The van der Waals surface area contributed by atoms with Crippen LogP contribution >= 0.6 is 0 Å². The zero-order valence-corrected chi connectivity index (χ0v) is 24.1. The number of β-lactam (4-membered cyclic amide) rings is 1. The summed E-state index contributed by atoms with van der Waals surface area (Å²) in [4.78, 5) is 50.4. The van der Waals surface area contributed by atoms with E-state index in [0.717, 1.165) is 0 Å². The Bertz CT molecular complexity index is 1180. The highest BCUT2D eigenvalue weighted by Crippen LogP contribution is 2.49. The van der Waals surface area contributed by atoms with Crippen molar-refractivity contribution in [3.8, 4) is 0 Å². The third-order valence-electron chi connectivity index (χ3n) is 7.81. The molecule has 1 amide bonds. The standard InChI is InChI=1S/C27H36N2O8Si/c1-16-20(13-14-21(30)35-6)24(26(32)36-15-18-9-11-19(12-10-18)29(33)34)28-23(16)22(25(28)31)17(2)37-38(7,8)27(3,4)5/h9-14,16-17,22-23H,15H2,1-8H3/b14-13+/t16-,17+,22+,23+/m0/s1. The van der Waals surface area contributed by atoms with Crippen molar-refractivity contribution in [1.82, 2.24) is 4.90 Å². The van der Waals surface area contributed by atoms with Crippen molar-refractivity contribution in [2.24, 2.45) is 11.8 Å². The zero-order chi connectivity index (χ0) is 28.6. The number of fused-ring (bicyclic) bond motifs is 1. The number of carbonyl (C=O) groups is 3. The number of carbonyl (C=O) groups excluding carboxylic acids is 3. The minimum absolute atomic E-state index is 0.0332. The van der Waals surface area contributed by atoms with Crippen molar-refractivity contribution in [2.45, 2.75) is 71.5 Å². The average Bonchev–Trinajstić information content (AvgIpc) is 3.08. The largest absolute Gasteiger partial charge is 0.466 e. The second-order valence-corrected chi connectivity index (χ2v) is 16.0. The zero-order valence-electron chi connectivity index (χ0n) is 23.1. The molecule has 0 N–H and O–H groups in total. The molecule has 0 radical (unpaired) electrons. The first kappa shape index (κ1) is 29.2. The van der Waals surface area contributed by atoms with Gasteiger partial charge in [0.05, 0.1) is 30.1 Å². The Morgan fingerprint density at radius 1 is 1.21 bits per heavy atom. The van der Waals surface area contributed by atoms with Crippen LogP contribution in [0.3, 0.4) is 0 Å². The van der Waals surface area contributed by atoms with Crippen LogP contribution in [0, 0.1) is 22.0 Å². The lowest BCUT2D eigenvalue weighted by molar-refractivity contribution is -0.384. The van der Waals surface area contributed by atoms with Gasteiger partial charge in [-0.2, -0.15) is 0 Å². The molecule has 2 aliphatic heterocycles. The Morgan fingerprint density at radius 2 is 1.82 bits per heavy atom. The second-order valence-electron chi connectivity index (χ2n) is 11.3. The number of hydrogen-bond acceptors (Lipinski definition) is 8. The van der Waals surface area contributed by atoms with E-state index in [2.05, 4.69) is 33.9 Å². The summed E-state index contributed by atoms with van der Waals surface area (Å²) in [5.74, 6) is -2.23. The highest BCUT2D eigenvalue weighted by Gasteiger charge is 2.60. The van der Waals surface area contributed by atoms with E-state index in [4.69, 9.17) is 13.9 Å². The van der Waals surface area contributed by atoms with Gasteiger partial charge in [0.15, 0.2) is 8.32 Å². The topological polar surface area (TPSA) is 125 Å². The predicted octanol–water partition coefficient (Wildman–Crippen LogP) is 4.51. The maximum atomic E-state index is 13.4. The highest BCUT2D eigenvalue weighted by atomic mass is 28.4. The normalized spacial score (nSPS) is 22.3. The number of amides is 1. The molecule has 2 heterocycles. The fourth-order valence-corrected chi connectivity index (χ4v) is 6.09. The Labute approximate surface area is 223 Å². The lowest BCUT2D eigenvalue weighted by Gasteiger charge is -2.50. The van der Waals surface area contributed by atoms with Gasteiger partial charge in [0.25, 0.3) is 5.69 Å². The number of rotatable bonds is 9. The monoisotopic (exact) mass is 544 g/mol. The Kier molecular flexibility index (Phi) is 8.32. The smallest absolute Gasteiger partial charge is 0.355 e. The quantitative estimate of drug-likeness (QED) is 0.111. The Balaban J connectivity index is 1.85. The summed E-state index contributed by atoms with van der Waals surface area (Å²) in [5.41, 5.74) is 1.08. The maximum absolute atomic E-state index is 13.4. The van der Waals surface area contributed by atoms with Crippen molar-refractivity contribution < 1.29 is 33.2 Å². The van der Waals surface area contributed by atoms with E-state index in [0.29, 0.717) is 11.1 Å². The molecule has 206 valence electrons. The third-order valence-corrected chi connectivity index (χ3v) is 12.4. The number of benzene rings is 1. The third kappa shape index (κ3) is 5.58. The fraction of sp³-hybridized carbons (Fsp3) is 0.519. The predicted molar refractivity (Wildman–Crippen MR) is 142 cm³/mol. The molecule has 2 aliphatic rings. The fourth-order valence-electron chi connectivity index (χ4n) is 4.66. The van der Waals surface area contributed by atoms with Crippen LogP contribution in [0.5, 0.6) is 0 Å². The summed E-state index contributed by atoms with van der Waals surface area (Å²) in [6, 6.07) is 5.34. The number of hydrogen-bond donors (Lipinski definition) is 0. The first-order chi connectivity index (χ1) is 17.6. The molecule has 38 heavy (non-hydrogen) atoms. The van der Waals surface area contributed by atoms with Gasteiger partial charge in [0.1, 0.15) is 12.3 Å². The number of allylic oxidation sites excluding steroid dienone is 1. The van der Waals surface area contributed by atoms with Crippen LogP contribution in [-0.2, 0) is 34.9 Å². The van der Waals surface area contributed by atoms with Gasteiger partial charge in [-0.1, -0.05) is 27.7 Å². The van der Waals surface area contributed by atoms with Crippen LogP contribution in [0.1, 0.15) is 40.2 Å². The lowest BCUT2D eigenvalue weighted by Crippen LogP contribution is -2.65. The van der Waals surface area contributed by atoms with E-state index in [-0.39, 0.29) is 47.0 Å². The van der Waals surface area contributed by atoms with E-state index >= 15 is 0 Å². The molecule has 0 saturated carbocycles. The molecular formula is C27H36N2O8Si. The number of non-ortho nitro benzene ring substituents is 1. The Hall–Kier alpha value is -3.31. The van der Waals surface area contributed by atoms with Crippen molar-refractivity contribution in [3.63, 3.8) is 0 Å². The first-order valence-corrected chi connectivity index (χ1v) is 15.4. The van der Waals surface area contributed by atoms with E-state index in [1.165, 1.54) is 48.4 Å². The summed E-state index contributed by atoms with van der Waals surface area (Å²) in [6.07, 6.45) is 2.37. The summed E-state index contributed by atoms with van der Waals surface area (Å²) in [5, 5.41) is 10.9. The van der Waals surface area contributed by atoms with Crippen LogP contribution in [0.4, 0.5) is 5.69 Å². The SMILES string of the molecule is COC(=O)/C=C/C1=C(C(=O)OCc2ccc([N+](=O)[O-])cc2)N2C(=O)[C@H]([C@@H](C)O[Si](C)(C)C(C)(C)C)[C@H]2[C@H]1C. The molecule has 3 rings (SSSR count). The molecule has 0 aromatic heterocycles. The van der Waals surface area contributed by atoms with Gasteiger partial charge >= 0.3 is 11.9 Å². The number of esters is 2. The van der Waals surface area contributed by atoms with Crippen LogP contribution < -0.4 is 0 Å². The van der Waals surface area contributed by atoms with Crippen LogP contribution in [-0.4, -0.2) is 55.2 Å². The molecule has 4 atom stereocenters. The second kappa shape index (κ2) is 10.8. The Morgan fingerprint density at radius 3 is 2.34 bits per heavy atom. The molecule has 11 heteroatoms. The van der Waals surface area contributed by atoms with Gasteiger partial charge in [-0.05, 0) is 54.4 Å². The number of nitro benzene ring substituents is 1. The van der Waals surface area contributed by atoms with Crippen LogP contribution in [0.25, 0.3) is 0 Å². The molecule has 1 aromatic carbocycles. The summed E-state index contributed by atoms with van der Waals surface area (Å²) >= 11 is 0. The molecule has 0 aliphatic carbocycles. The molecule has 10 nitrogen and oxygen atoms in total. The van der Waals surface area contributed by atoms with Gasteiger partial charge in [-0.15, -0.1) is 0 Å². The molecular weight excluding hydrogens is 508 g/mol. The van der Waals surface area contributed by atoms with Crippen molar-refractivity contribution in [2.75, 3.05) is 7.11 Å². The van der Waals surface area contributed by atoms with Crippen molar-refractivity contribution in [3.05, 3.63) is 63.4 Å². The molecule has 0 unspecified atom stereocenters. The highest BCUT2D eigenvalue weighted by molar-refractivity contribution is 6.74. The van der Waals surface area contributed by atoms with Gasteiger partial charge in [-0.25, -0.2) is 9.59 Å². The van der Waals surface area contributed by atoms with E-state index in [1.807, 2.05) is 13.8 Å². The lowest BCUT2D eigenvalue weighted by atomic mass is 9.77. The van der Waals surface area contributed by atoms with Crippen LogP contribution in [0.15, 0.2) is 47.7 Å². The minimum atomic E-state index is -2.15. The minimum Gasteiger partial charge on any atom is -0.466 e. The van der Waals surface area contributed by atoms with E-state index in [1.54, 1.807) is 0 Å². The summed E-state index contributed by atoms with van der Waals surface area (Å²) in [7, 11) is -0.899. The van der Waals surface area contributed by atoms with Gasteiger partial charge in [0.2, 0.25) is 5.91 Å². The van der Waals surface area contributed by atoms with E-state index in [9.17, 15) is 24.5 Å². The molecule has 1 fully saturated rings. The molecule has 0 bridgehead atoms. The van der Waals surface area contributed by atoms with Crippen LogP contribution in [0.2, 0.25) is 18.1 Å². The first-order valence-electron chi connectivity index (χ1n) is 12.5. The molecule has 1 aromatic rings. The van der Waals surface area contributed by atoms with Crippen molar-refractivity contribution >= 4 is 31.9 Å². The summed E-state index contributed by atoms with van der Waals surface area (Å²) < 4.78 is 16.7. The number of nitro groups is 1. The van der Waals surface area contributed by atoms with Crippen molar-refractivity contribution in [1.29, 1.82) is 0 Å². The van der Waals surface area contributed by atoms with E-state index < -0.39 is 31.1 Å². The average molecular weight is 545 g/mol. The number of nitrogens with zero attached hydrogens (tertiary/aromatic N) is 2. The molecule has 0 spiro atoms. The maximum Gasteiger partial charge on any atom is 0.355 e. The van der Waals surface area contributed by atoms with Gasteiger partial charge < -0.3 is 18.8 Å². The van der Waals surface area contributed by atoms with Gasteiger partial charge in [0, 0.05) is 24.1 Å². The van der Waals surface area contributed by atoms with Gasteiger partial charge in [-0.3, -0.25) is 14.9 Å².